The molecule has 1 aliphatic heterocycles. The molecule has 0 saturated carbocycles. The number of carbonyl (C=O) groups is 1. The molecular formula is C25H28N4O2. The molecule has 1 N–H and O–H groups in total. The van der Waals surface area contributed by atoms with E-state index in [0.717, 1.165) is 43.2 Å². The van der Waals surface area contributed by atoms with Crippen molar-refractivity contribution >= 4 is 11.6 Å². The van der Waals surface area contributed by atoms with Crippen molar-refractivity contribution in [2.75, 3.05) is 44.7 Å². The Kier molecular flexibility index (Phi) is 6.79. The lowest BCUT2D eigenvalue weighted by molar-refractivity contribution is 0.0930. The van der Waals surface area contributed by atoms with Crippen LogP contribution in [0.15, 0.2) is 79.1 Å². The van der Waals surface area contributed by atoms with Crippen LogP contribution in [-0.4, -0.2) is 55.6 Å². The van der Waals surface area contributed by atoms with Crippen LogP contribution in [0.2, 0.25) is 0 Å². The van der Waals surface area contributed by atoms with Gasteiger partial charge in [-0.25, -0.2) is 0 Å². The molecule has 0 radical (unpaired) electrons. The van der Waals surface area contributed by atoms with E-state index in [1.807, 2.05) is 60.8 Å². The number of hydrogen-bond acceptors (Lipinski definition) is 5. The first-order valence-electron chi connectivity index (χ1n) is 10.6. The Balaban J connectivity index is 1.45. The minimum Gasteiger partial charge on any atom is -0.495 e. The summed E-state index contributed by atoms with van der Waals surface area (Å²) in [6, 6.07) is 21.6. The summed E-state index contributed by atoms with van der Waals surface area (Å²) in [7, 11) is 1.71. The van der Waals surface area contributed by atoms with Gasteiger partial charge in [-0.15, -0.1) is 0 Å². The average molecular weight is 417 g/mol. The number of ether oxygens (including phenoxy) is 1. The zero-order valence-electron chi connectivity index (χ0n) is 17.8. The molecule has 0 bridgehead atoms. The Morgan fingerprint density at radius 3 is 2.45 bits per heavy atom. The van der Waals surface area contributed by atoms with Crippen LogP contribution in [0.5, 0.6) is 5.75 Å². The summed E-state index contributed by atoms with van der Waals surface area (Å²) in [5, 5.41) is 3.11. The van der Waals surface area contributed by atoms with E-state index in [2.05, 4.69) is 32.2 Å². The molecule has 1 aliphatic rings. The second kappa shape index (κ2) is 10.1. The molecular weight excluding hydrogens is 388 g/mol. The van der Waals surface area contributed by atoms with Crippen LogP contribution in [0.1, 0.15) is 22.0 Å². The molecule has 1 atom stereocenters. The van der Waals surface area contributed by atoms with Gasteiger partial charge in [0.05, 0.1) is 18.8 Å². The molecule has 2 aromatic carbocycles. The molecule has 0 aliphatic carbocycles. The minimum atomic E-state index is -0.0536. The largest absolute Gasteiger partial charge is 0.495 e. The predicted molar refractivity (Wildman–Crippen MR) is 123 cm³/mol. The molecule has 31 heavy (non-hydrogen) atoms. The first-order chi connectivity index (χ1) is 15.3. The van der Waals surface area contributed by atoms with Crippen molar-refractivity contribution in [3.63, 3.8) is 0 Å². The Labute approximate surface area is 183 Å². The highest BCUT2D eigenvalue weighted by Gasteiger charge is 2.27. The number of pyridine rings is 1. The van der Waals surface area contributed by atoms with Crippen molar-refractivity contribution in [1.29, 1.82) is 0 Å². The molecule has 1 aromatic heterocycles. The van der Waals surface area contributed by atoms with Gasteiger partial charge >= 0.3 is 0 Å². The van der Waals surface area contributed by atoms with E-state index in [9.17, 15) is 4.79 Å². The first-order valence-corrected chi connectivity index (χ1v) is 10.6. The van der Waals surface area contributed by atoms with E-state index in [1.54, 1.807) is 13.3 Å². The summed E-state index contributed by atoms with van der Waals surface area (Å²) in [4.78, 5) is 21.7. The lowest BCUT2D eigenvalue weighted by Crippen LogP contribution is -2.50. The van der Waals surface area contributed by atoms with Gasteiger partial charge < -0.3 is 15.0 Å². The Bertz CT molecular complexity index is 973. The maximum absolute atomic E-state index is 12.6. The number of methoxy groups -OCH3 is 1. The molecule has 0 spiro atoms. The van der Waals surface area contributed by atoms with Gasteiger partial charge in [-0.1, -0.05) is 36.4 Å². The number of para-hydroxylation sites is 2. The number of nitrogens with zero attached hydrogens (tertiary/aromatic N) is 3. The van der Waals surface area contributed by atoms with Crippen LogP contribution in [0.4, 0.5) is 5.69 Å². The van der Waals surface area contributed by atoms with Gasteiger partial charge in [-0.05, 0) is 35.9 Å². The molecule has 3 aromatic rings. The van der Waals surface area contributed by atoms with Crippen LogP contribution >= 0.6 is 0 Å². The fourth-order valence-electron chi connectivity index (χ4n) is 4.08. The van der Waals surface area contributed by atoms with Gasteiger partial charge in [-0.3, -0.25) is 14.7 Å². The van der Waals surface area contributed by atoms with Crippen molar-refractivity contribution in [2.45, 2.75) is 6.04 Å². The van der Waals surface area contributed by atoms with Crippen molar-refractivity contribution in [1.82, 2.24) is 15.2 Å². The zero-order valence-corrected chi connectivity index (χ0v) is 17.8. The maximum atomic E-state index is 12.6. The zero-order chi connectivity index (χ0) is 21.5. The van der Waals surface area contributed by atoms with Crippen LogP contribution in [0.25, 0.3) is 0 Å². The Hall–Kier alpha value is -3.38. The van der Waals surface area contributed by atoms with E-state index < -0.39 is 0 Å². The van der Waals surface area contributed by atoms with E-state index >= 15 is 0 Å². The SMILES string of the molecule is COc1ccccc1N1CCN([C@H](CNC(=O)c2ccccc2)c2cccnc2)CC1. The quantitative estimate of drug-likeness (QED) is 0.640. The van der Waals surface area contributed by atoms with Crippen LogP contribution in [-0.2, 0) is 0 Å². The molecule has 2 heterocycles. The molecule has 6 heteroatoms. The summed E-state index contributed by atoms with van der Waals surface area (Å²) in [5.74, 6) is 0.844. The third kappa shape index (κ3) is 5.03. The standard InChI is InChI=1S/C25H28N4O2/c1-31-24-12-6-5-11-22(24)28-14-16-29(17-15-28)23(21-10-7-13-26-18-21)19-27-25(30)20-8-3-2-4-9-20/h2-13,18,23H,14-17,19H2,1H3,(H,27,30)/t23-/m1/s1. The van der Waals surface area contributed by atoms with Gasteiger partial charge in [0.25, 0.3) is 5.91 Å². The summed E-state index contributed by atoms with van der Waals surface area (Å²) >= 11 is 0. The smallest absolute Gasteiger partial charge is 0.251 e. The predicted octanol–water partition coefficient (Wildman–Crippen LogP) is 3.38. The summed E-state index contributed by atoms with van der Waals surface area (Å²) in [6.07, 6.45) is 3.68. The van der Waals surface area contributed by atoms with Gasteiger partial charge in [0.2, 0.25) is 0 Å². The van der Waals surface area contributed by atoms with Crippen LogP contribution in [0.3, 0.4) is 0 Å². The van der Waals surface area contributed by atoms with Gasteiger partial charge in [0, 0.05) is 50.7 Å². The van der Waals surface area contributed by atoms with E-state index in [1.165, 1.54) is 0 Å². The maximum Gasteiger partial charge on any atom is 0.251 e. The molecule has 6 nitrogen and oxygen atoms in total. The molecule has 0 unspecified atom stereocenters. The lowest BCUT2D eigenvalue weighted by atomic mass is 10.1. The Morgan fingerprint density at radius 1 is 1.00 bits per heavy atom. The number of carbonyl (C=O) groups excluding carboxylic acids is 1. The van der Waals surface area contributed by atoms with Crippen molar-refractivity contribution in [3.05, 3.63) is 90.3 Å². The van der Waals surface area contributed by atoms with E-state index in [0.29, 0.717) is 12.1 Å². The number of hydrogen-bond donors (Lipinski definition) is 1. The number of amides is 1. The van der Waals surface area contributed by atoms with Gasteiger partial charge in [0.1, 0.15) is 5.75 Å². The number of benzene rings is 2. The minimum absolute atomic E-state index is 0.0536. The van der Waals surface area contributed by atoms with Crippen molar-refractivity contribution in [2.24, 2.45) is 0 Å². The number of rotatable bonds is 7. The van der Waals surface area contributed by atoms with Crippen LogP contribution in [0, 0.1) is 0 Å². The number of piperazine rings is 1. The van der Waals surface area contributed by atoms with E-state index in [-0.39, 0.29) is 11.9 Å². The fourth-order valence-corrected chi connectivity index (χ4v) is 4.08. The third-order valence-electron chi connectivity index (χ3n) is 5.74. The van der Waals surface area contributed by atoms with Crippen molar-refractivity contribution < 1.29 is 9.53 Å². The van der Waals surface area contributed by atoms with Gasteiger partial charge in [-0.2, -0.15) is 0 Å². The lowest BCUT2D eigenvalue weighted by Gasteiger charge is -2.40. The highest BCUT2D eigenvalue weighted by atomic mass is 16.5. The molecule has 1 fully saturated rings. The van der Waals surface area contributed by atoms with E-state index in [4.69, 9.17) is 4.74 Å². The van der Waals surface area contributed by atoms with Crippen LogP contribution < -0.4 is 15.0 Å². The summed E-state index contributed by atoms with van der Waals surface area (Å²) in [6.45, 7) is 4.10. The highest BCUT2D eigenvalue weighted by molar-refractivity contribution is 5.94. The third-order valence-corrected chi connectivity index (χ3v) is 5.74. The fraction of sp³-hybridized carbons (Fsp3) is 0.280. The summed E-state index contributed by atoms with van der Waals surface area (Å²) < 4.78 is 5.54. The Morgan fingerprint density at radius 2 is 1.74 bits per heavy atom. The topological polar surface area (TPSA) is 57.7 Å². The normalized spacial score (nSPS) is 15.3. The second-order valence-corrected chi connectivity index (χ2v) is 7.57. The first kappa shape index (κ1) is 20.9. The van der Waals surface area contributed by atoms with Gasteiger partial charge in [0.15, 0.2) is 0 Å². The summed E-state index contributed by atoms with van der Waals surface area (Å²) in [5.41, 5.74) is 2.91. The monoisotopic (exact) mass is 416 g/mol. The average Bonchev–Trinajstić information content (AvgIpc) is 2.85. The second-order valence-electron chi connectivity index (χ2n) is 7.57. The number of aromatic nitrogens is 1. The number of anilines is 1. The highest BCUT2D eigenvalue weighted by Crippen LogP contribution is 2.30. The van der Waals surface area contributed by atoms with Crippen molar-refractivity contribution in [3.8, 4) is 5.75 Å². The molecule has 4 rings (SSSR count). The molecule has 1 saturated heterocycles. The number of nitrogens with one attached hydrogen (secondary N) is 1. The molecule has 160 valence electrons. The molecule has 1 amide bonds.